The highest BCUT2D eigenvalue weighted by Crippen LogP contribution is 2.54. The molecule has 0 aliphatic rings. The number of nitrogens with one attached hydrogen (secondary N) is 1. The molecule has 0 atom stereocenters. The first-order valence-corrected chi connectivity index (χ1v) is 8.08. The molecule has 0 radical (unpaired) electrons. The Labute approximate surface area is 149 Å². The lowest BCUT2D eigenvalue weighted by Crippen LogP contribution is -1.84. The Morgan fingerprint density at radius 3 is 1.80 bits per heavy atom. The fourth-order valence-electron chi connectivity index (χ4n) is 3.00. The maximum absolute atomic E-state index is 10.1. The van der Waals surface area contributed by atoms with E-state index in [1.54, 1.807) is 18.2 Å². The van der Waals surface area contributed by atoms with Crippen molar-refractivity contribution in [2.45, 2.75) is 0 Å². The van der Waals surface area contributed by atoms with E-state index in [0.717, 1.165) is 26.3 Å². The monoisotopic (exact) mass is 401 g/mol. The van der Waals surface area contributed by atoms with Crippen molar-refractivity contribution in [2.75, 3.05) is 0 Å². The van der Waals surface area contributed by atoms with Gasteiger partial charge >= 0.3 is 0 Å². The highest BCUT2D eigenvalue weighted by Gasteiger charge is 2.24. The Kier molecular flexibility index (Phi) is 3.23. The molecule has 25 heavy (non-hydrogen) atoms. The second-order valence-corrected chi connectivity index (χ2v) is 6.61. The average molecular weight is 402 g/mol. The van der Waals surface area contributed by atoms with Crippen molar-refractivity contribution in [1.82, 2.24) is 4.98 Å². The van der Waals surface area contributed by atoms with Crippen LogP contribution in [0.3, 0.4) is 0 Å². The smallest absolute Gasteiger partial charge is 0.208 e. The van der Waals surface area contributed by atoms with Gasteiger partial charge in [-0.2, -0.15) is 0 Å². The van der Waals surface area contributed by atoms with E-state index in [2.05, 4.69) is 20.9 Å². The van der Waals surface area contributed by atoms with Crippen molar-refractivity contribution in [3.8, 4) is 39.9 Å². The molecule has 0 bridgehead atoms. The normalized spacial score (nSPS) is 11.4. The van der Waals surface area contributed by atoms with Crippen LogP contribution in [0.1, 0.15) is 0 Å². The van der Waals surface area contributed by atoms with Gasteiger partial charge in [-0.15, -0.1) is 0 Å². The number of phenolic OH excluding ortho intramolecular Hbond substituents is 5. The molecule has 4 rings (SSSR count). The summed E-state index contributed by atoms with van der Waals surface area (Å²) in [5.41, 5.74) is 1.84. The lowest BCUT2D eigenvalue weighted by Gasteiger charge is -2.12. The maximum Gasteiger partial charge on any atom is 0.208 e. The van der Waals surface area contributed by atoms with E-state index in [1.165, 1.54) is 0 Å². The minimum absolute atomic E-state index is 0.172. The first kappa shape index (κ1) is 15.5. The Morgan fingerprint density at radius 1 is 0.640 bits per heavy atom. The Morgan fingerprint density at radius 2 is 1.16 bits per heavy atom. The Hall–Kier alpha value is -3.06. The van der Waals surface area contributed by atoms with Crippen molar-refractivity contribution in [2.24, 2.45) is 0 Å². The van der Waals surface area contributed by atoms with E-state index >= 15 is 0 Å². The molecule has 0 aliphatic heterocycles. The van der Waals surface area contributed by atoms with Crippen LogP contribution in [-0.2, 0) is 0 Å². The van der Waals surface area contributed by atoms with E-state index < -0.39 is 28.7 Å². The van der Waals surface area contributed by atoms with Crippen LogP contribution < -0.4 is 0 Å². The van der Waals surface area contributed by atoms with Gasteiger partial charge in [0.1, 0.15) is 0 Å². The van der Waals surface area contributed by atoms with E-state index in [-0.39, 0.29) is 5.56 Å². The van der Waals surface area contributed by atoms with Crippen molar-refractivity contribution in [3.63, 3.8) is 0 Å². The molecule has 1 heterocycles. The van der Waals surface area contributed by atoms with Gasteiger partial charge < -0.3 is 30.5 Å². The Balaban J connectivity index is 2.01. The molecule has 3 aromatic carbocycles. The summed E-state index contributed by atoms with van der Waals surface area (Å²) in [6.07, 6.45) is 0. The lowest BCUT2D eigenvalue weighted by molar-refractivity contribution is 0.330. The number of aromatic nitrogens is 1. The molecule has 0 spiro atoms. The Bertz CT molecular complexity index is 1140. The minimum atomic E-state index is -0.977. The standard InChI is InChI=1S/C18H12BrNO5/c19-8-2-4-10-9-3-1-7(5-11(9)20-12(10)6-8)13-14(21)16(23)18(25)17(24)15(13)22/h1-6,20-25H. The SMILES string of the molecule is Oc1c(O)c(O)c(-c2ccc3c(c2)[nH]c2cc(Br)ccc23)c(O)c1O. The molecule has 1 aromatic heterocycles. The summed E-state index contributed by atoms with van der Waals surface area (Å²) in [6, 6.07) is 10.9. The van der Waals surface area contributed by atoms with Gasteiger partial charge in [0.15, 0.2) is 11.5 Å². The van der Waals surface area contributed by atoms with Gasteiger partial charge in [-0.1, -0.05) is 34.1 Å². The lowest BCUT2D eigenvalue weighted by atomic mass is 10.00. The minimum Gasteiger partial charge on any atom is -0.504 e. The number of hydrogen-bond acceptors (Lipinski definition) is 5. The summed E-state index contributed by atoms with van der Waals surface area (Å²) >= 11 is 3.42. The first-order valence-electron chi connectivity index (χ1n) is 7.28. The summed E-state index contributed by atoms with van der Waals surface area (Å²) in [6.45, 7) is 0. The molecule has 0 unspecified atom stereocenters. The zero-order chi connectivity index (χ0) is 17.9. The number of phenols is 5. The highest BCUT2D eigenvalue weighted by molar-refractivity contribution is 9.10. The van der Waals surface area contributed by atoms with Crippen LogP contribution in [-0.4, -0.2) is 30.5 Å². The van der Waals surface area contributed by atoms with E-state index in [9.17, 15) is 25.5 Å². The molecule has 0 saturated carbocycles. The second-order valence-electron chi connectivity index (χ2n) is 5.69. The number of hydrogen-bond donors (Lipinski definition) is 6. The van der Waals surface area contributed by atoms with Crippen LogP contribution in [0.4, 0.5) is 0 Å². The predicted octanol–water partition coefficient (Wildman–Crippen LogP) is 4.28. The van der Waals surface area contributed by atoms with Crippen molar-refractivity contribution in [3.05, 3.63) is 40.9 Å². The molecular weight excluding hydrogens is 390 g/mol. The summed E-state index contributed by atoms with van der Waals surface area (Å²) in [5, 5.41) is 51.1. The van der Waals surface area contributed by atoms with Gasteiger partial charge in [-0.25, -0.2) is 0 Å². The van der Waals surface area contributed by atoms with Gasteiger partial charge in [0.2, 0.25) is 17.2 Å². The third-order valence-corrected chi connectivity index (χ3v) is 4.71. The number of aromatic hydroxyl groups is 5. The van der Waals surface area contributed by atoms with E-state index in [1.807, 2.05) is 18.2 Å². The van der Waals surface area contributed by atoms with Crippen LogP contribution in [0.15, 0.2) is 40.9 Å². The van der Waals surface area contributed by atoms with Crippen molar-refractivity contribution < 1.29 is 25.5 Å². The average Bonchev–Trinajstić information content (AvgIpc) is 2.95. The molecule has 4 aromatic rings. The molecule has 7 heteroatoms. The van der Waals surface area contributed by atoms with Crippen molar-refractivity contribution in [1.29, 1.82) is 0 Å². The van der Waals surface area contributed by atoms with Gasteiger partial charge in [0.05, 0.1) is 5.56 Å². The number of aromatic amines is 1. The fourth-order valence-corrected chi connectivity index (χ4v) is 3.36. The van der Waals surface area contributed by atoms with Crippen LogP contribution >= 0.6 is 15.9 Å². The second kappa shape index (κ2) is 5.22. The topological polar surface area (TPSA) is 117 Å². The zero-order valence-corrected chi connectivity index (χ0v) is 14.2. The van der Waals surface area contributed by atoms with Gasteiger partial charge in [-0.05, 0) is 23.8 Å². The van der Waals surface area contributed by atoms with Crippen LogP contribution in [0.25, 0.3) is 32.9 Å². The molecule has 0 aliphatic carbocycles. The van der Waals surface area contributed by atoms with Crippen molar-refractivity contribution >= 4 is 37.7 Å². The van der Waals surface area contributed by atoms with E-state index in [0.29, 0.717) is 5.56 Å². The number of benzene rings is 3. The summed E-state index contributed by atoms with van der Waals surface area (Å²) in [7, 11) is 0. The first-order chi connectivity index (χ1) is 11.9. The largest absolute Gasteiger partial charge is 0.504 e. The molecule has 6 N–H and O–H groups in total. The summed E-state index contributed by atoms with van der Waals surface area (Å²) in [4.78, 5) is 3.24. The maximum atomic E-state index is 10.1. The highest BCUT2D eigenvalue weighted by atomic mass is 79.9. The van der Waals surface area contributed by atoms with Crippen LogP contribution in [0.2, 0.25) is 0 Å². The third-order valence-electron chi connectivity index (χ3n) is 4.22. The molecule has 0 fully saturated rings. The van der Waals surface area contributed by atoms with Gasteiger partial charge in [0, 0.05) is 26.3 Å². The number of H-pyrrole nitrogens is 1. The number of fused-ring (bicyclic) bond motifs is 3. The fraction of sp³-hybridized carbons (Fsp3) is 0. The van der Waals surface area contributed by atoms with Crippen LogP contribution in [0, 0.1) is 0 Å². The number of rotatable bonds is 1. The van der Waals surface area contributed by atoms with Crippen LogP contribution in [0.5, 0.6) is 28.7 Å². The molecular formula is C18H12BrNO5. The third kappa shape index (κ3) is 2.16. The van der Waals surface area contributed by atoms with Gasteiger partial charge in [0.25, 0.3) is 0 Å². The molecule has 0 saturated heterocycles. The molecule has 0 amide bonds. The molecule has 6 nitrogen and oxygen atoms in total. The van der Waals surface area contributed by atoms with E-state index in [4.69, 9.17) is 0 Å². The zero-order valence-electron chi connectivity index (χ0n) is 12.6. The predicted molar refractivity (Wildman–Crippen MR) is 97.3 cm³/mol. The quantitative estimate of drug-likeness (QED) is 0.210. The van der Waals surface area contributed by atoms with Gasteiger partial charge in [-0.3, -0.25) is 0 Å². The number of halogens is 1. The summed E-state index contributed by atoms with van der Waals surface area (Å²) in [5.74, 6) is -4.20. The summed E-state index contributed by atoms with van der Waals surface area (Å²) < 4.78 is 0.926. The molecule has 126 valence electrons.